The van der Waals surface area contributed by atoms with Crippen LogP contribution >= 0.6 is 0 Å². The Kier molecular flexibility index (Phi) is 7.02. The fourth-order valence-electron chi connectivity index (χ4n) is 2.40. The van der Waals surface area contributed by atoms with Gasteiger partial charge < -0.3 is 10.6 Å². The van der Waals surface area contributed by atoms with Crippen LogP contribution in [0.3, 0.4) is 0 Å². The summed E-state index contributed by atoms with van der Waals surface area (Å²) in [5, 5.41) is 5.69. The van der Waals surface area contributed by atoms with E-state index < -0.39 is 0 Å². The Hall–Kier alpha value is -2.62. The summed E-state index contributed by atoms with van der Waals surface area (Å²) in [6.45, 7) is 2.14. The van der Waals surface area contributed by atoms with Crippen molar-refractivity contribution in [2.24, 2.45) is 0 Å². The molecule has 0 atom stereocenters. The highest BCUT2D eigenvalue weighted by Gasteiger charge is 2.08. The summed E-state index contributed by atoms with van der Waals surface area (Å²) in [4.78, 5) is 24.2. The van der Waals surface area contributed by atoms with E-state index in [1.54, 1.807) is 24.3 Å². The molecule has 4 nitrogen and oxygen atoms in total. The van der Waals surface area contributed by atoms with Gasteiger partial charge in [-0.25, -0.2) is 0 Å². The van der Waals surface area contributed by atoms with Crippen molar-refractivity contribution in [2.75, 3.05) is 10.6 Å². The Morgan fingerprint density at radius 2 is 1.58 bits per heavy atom. The molecule has 0 fully saturated rings. The Labute approximate surface area is 143 Å². The van der Waals surface area contributed by atoms with Crippen LogP contribution in [0.2, 0.25) is 0 Å². The molecule has 2 rings (SSSR count). The minimum Gasteiger partial charge on any atom is -0.326 e. The maximum absolute atomic E-state index is 12.3. The van der Waals surface area contributed by atoms with Crippen molar-refractivity contribution in [3.63, 3.8) is 0 Å². The second-order valence-electron chi connectivity index (χ2n) is 5.76. The van der Waals surface area contributed by atoms with E-state index in [1.165, 1.54) is 0 Å². The van der Waals surface area contributed by atoms with Crippen molar-refractivity contribution >= 4 is 23.2 Å². The van der Waals surface area contributed by atoms with Crippen molar-refractivity contribution in [1.29, 1.82) is 0 Å². The number of carbonyl (C=O) groups is 2. The molecule has 126 valence electrons. The monoisotopic (exact) mass is 324 g/mol. The number of carbonyl (C=O) groups excluding carboxylic acids is 2. The third-order valence-electron chi connectivity index (χ3n) is 3.70. The van der Waals surface area contributed by atoms with Gasteiger partial charge in [0.05, 0.1) is 0 Å². The summed E-state index contributed by atoms with van der Waals surface area (Å²) in [6, 6.07) is 16.3. The molecule has 24 heavy (non-hydrogen) atoms. The predicted octanol–water partition coefficient (Wildman–Crippen LogP) is 4.85. The number of anilines is 2. The summed E-state index contributed by atoms with van der Waals surface area (Å²) < 4.78 is 0. The van der Waals surface area contributed by atoms with Gasteiger partial charge in [-0.05, 0) is 36.8 Å². The van der Waals surface area contributed by atoms with Gasteiger partial charge in [0.25, 0.3) is 5.91 Å². The first-order chi connectivity index (χ1) is 11.7. The zero-order chi connectivity index (χ0) is 17.2. The van der Waals surface area contributed by atoms with Crippen LogP contribution in [0.1, 0.15) is 49.4 Å². The average Bonchev–Trinajstić information content (AvgIpc) is 2.60. The standard InChI is InChI=1S/C20H24N2O2/c1-2-3-4-8-14-19(23)21-18-13-9-10-16(15-18)20(24)22-17-11-6-5-7-12-17/h5-7,9-13,15H,2-4,8,14H2,1H3,(H,21,23)(H,22,24). The largest absolute Gasteiger partial charge is 0.326 e. The molecule has 0 bridgehead atoms. The molecule has 0 heterocycles. The number of amides is 2. The van der Waals surface area contributed by atoms with E-state index in [2.05, 4.69) is 17.6 Å². The Morgan fingerprint density at radius 3 is 2.33 bits per heavy atom. The third-order valence-corrected chi connectivity index (χ3v) is 3.70. The Morgan fingerprint density at radius 1 is 0.833 bits per heavy atom. The quantitative estimate of drug-likeness (QED) is 0.682. The minimum absolute atomic E-state index is 0.00767. The fraction of sp³-hybridized carbons (Fsp3) is 0.300. The lowest BCUT2D eigenvalue weighted by molar-refractivity contribution is -0.116. The molecule has 2 aromatic carbocycles. The van der Waals surface area contributed by atoms with Gasteiger partial charge in [-0.3, -0.25) is 9.59 Å². The highest BCUT2D eigenvalue weighted by Crippen LogP contribution is 2.14. The van der Waals surface area contributed by atoms with Gasteiger partial charge >= 0.3 is 0 Å². The second kappa shape index (κ2) is 9.50. The number of para-hydroxylation sites is 1. The van der Waals surface area contributed by atoms with Gasteiger partial charge in [0.15, 0.2) is 0 Å². The second-order valence-corrected chi connectivity index (χ2v) is 5.76. The van der Waals surface area contributed by atoms with E-state index in [9.17, 15) is 9.59 Å². The lowest BCUT2D eigenvalue weighted by Gasteiger charge is -2.08. The van der Waals surface area contributed by atoms with Gasteiger partial charge in [-0.15, -0.1) is 0 Å². The van der Waals surface area contributed by atoms with Crippen LogP contribution in [0.5, 0.6) is 0 Å². The first kappa shape index (κ1) is 17.7. The summed E-state index contributed by atoms with van der Waals surface area (Å²) in [7, 11) is 0. The molecular formula is C20H24N2O2. The number of hydrogen-bond donors (Lipinski definition) is 2. The van der Waals surface area contributed by atoms with E-state index in [4.69, 9.17) is 0 Å². The molecule has 0 aromatic heterocycles. The molecular weight excluding hydrogens is 300 g/mol. The highest BCUT2D eigenvalue weighted by atomic mass is 16.2. The van der Waals surface area contributed by atoms with Gasteiger partial charge in [0.1, 0.15) is 0 Å². The molecule has 2 N–H and O–H groups in total. The molecule has 2 amide bonds. The van der Waals surface area contributed by atoms with Gasteiger partial charge in [-0.1, -0.05) is 50.5 Å². The summed E-state index contributed by atoms with van der Waals surface area (Å²) in [6.07, 6.45) is 4.79. The van der Waals surface area contributed by atoms with Crippen molar-refractivity contribution in [1.82, 2.24) is 0 Å². The maximum atomic E-state index is 12.3. The maximum Gasteiger partial charge on any atom is 0.255 e. The van der Waals surface area contributed by atoms with Crippen molar-refractivity contribution < 1.29 is 9.59 Å². The zero-order valence-corrected chi connectivity index (χ0v) is 14.0. The molecule has 0 saturated carbocycles. The zero-order valence-electron chi connectivity index (χ0n) is 14.0. The molecule has 2 aromatic rings. The van der Waals surface area contributed by atoms with E-state index in [0.29, 0.717) is 17.7 Å². The smallest absolute Gasteiger partial charge is 0.255 e. The summed E-state index contributed by atoms with van der Waals surface area (Å²) >= 11 is 0. The number of benzene rings is 2. The predicted molar refractivity (Wildman–Crippen MR) is 98.2 cm³/mol. The van der Waals surface area contributed by atoms with Crippen LogP contribution in [-0.4, -0.2) is 11.8 Å². The van der Waals surface area contributed by atoms with Crippen molar-refractivity contribution in [3.8, 4) is 0 Å². The molecule has 0 aliphatic heterocycles. The van der Waals surface area contributed by atoms with E-state index >= 15 is 0 Å². The lowest BCUT2D eigenvalue weighted by Crippen LogP contribution is -2.14. The Balaban J connectivity index is 1.91. The molecule has 4 heteroatoms. The van der Waals surface area contributed by atoms with Gasteiger partial charge in [0.2, 0.25) is 5.91 Å². The number of unbranched alkanes of at least 4 members (excludes halogenated alkanes) is 3. The third kappa shape index (κ3) is 5.88. The Bertz CT molecular complexity index is 668. The molecule has 0 radical (unpaired) electrons. The van der Waals surface area contributed by atoms with Crippen molar-refractivity contribution in [3.05, 3.63) is 60.2 Å². The summed E-state index contributed by atoms with van der Waals surface area (Å²) in [5.41, 5.74) is 1.91. The number of hydrogen-bond acceptors (Lipinski definition) is 2. The normalized spacial score (nSPS) is 10.2. The van der Waals surface area contributed by atoms with Gasteiger partial charge in [0, 0.05) is 23.4 Å². The van der Waals surface area contributed by atoms with Gasteiger partial charge in [-0.2, -0.15) is 0 Å². The SMILES string of the molecule is CCCCCCC(=O)Nc1cccc(C(=O)Nc2ccccc2)c1. The first-order valence-corrected chi connectivity index (χ1v) is 8.45. The van der Waals surface area contributed by atoms with Crippen molar-refractivity contribution in [2.45, 2.75) is 39.0 Å². The topological polar surface area (TPSA) is 58.2 Å². The summed E-state index contributed by atoms with van der Waals surface area (Å²) in [5.74, 6) is -0.202. The molecule has 0 spiro atoms. The first-order valence-electron chi connectivity index (χ1n) is 8.45. The number of nitrogens with one attached hydrogen (secondary N) is 2. The molecule has 0 aliphatic rings. The molecule has 0 aliphatic carbocycles. The van der Waals surface area contributed by atoms with E-state index in [1.807, 2.05) is 30.3 Å². The number of rotatable bonds is 8. The van der Waals surface area contributed by atoms with E-state index in [-0.39, 0.29) is 11.8 Å². The average molecular weight is 324 g/mol. The van der Waals surface area contributed by atoms with Crippen LogP contribution in [0.4, 0.5) is 11.4 Å². The van der Waals surface area contributed by atoms with Crippen LogP contribution in [0.25, 0.3) is 0 Å². The van der Waals surface area contributed by atoms with Crippen LogP contribution < -0.4 is 10.6 Å². The fourth-order valence-corrected chi connectivity index (χ4v) is 2.40. The lowest BCUT2D eigenvalue weighted by atomic mass is 10.1. The minimum atomic E-state index is -0.194. The van der Waals surface area contributed by atoms with Crippen LogP contribution in [-0.2, 0) is 4.79 Å². The molecule has 0 unspecified atom stereocenters. The molecule has 0 saturated heterocycles. The highest BCUT2D eigenvalue weighted by molar-refractivity contribution is 6.05. The van der Waals surface area contributed by atoms with Crippen LogP contribution in [0.15, 0.2) is 54.6 Å². The van der Waals surface area contributed by atoms with E-state index in [0.717, 1.165) is 31.4 Å². The van der Waals surface area contributed by atoms with Crippen LogP contribution in [0, 0.1) is 0 Å².